The molecule has 2 aromatic rings. The predicted octanol–water partition coefficient (Wildman–Crippen LogP) is 4.11. The molecule has 1 fully saturated rings. The first-order valence-electron chi connectivity index (χ1n) is 9.66. The molecule has 0 aliphatic carbocycles. The highest BCUT2D eigenvalue weighted by Gasteiger charge is 2.23. The number of benzene rings is 1. The third-order valence-corrected chi connectivity index (χ3v) is 5.34. The molecule has 1 aromatic heterocycles. The van der Waals surface area contributed by atoms with Crippen LogP contribution in [0, 0.1) is 0 Å². The van der Waals surface area contributed by atoms with Crippen molar-refractivity contribution in [2.75, 3.05) is 34.8 Å². The molecular formula is C21H26N4O. The first-order chi connectivity index (χ1) is 12.7. The van der Waals surface area contributed by atoms with E-state index in [9.17, 15) is 4.79 Å². The summed E-state index contributed by atoms with van der Waals surface area (Å²) >= 11 is 0. The largest absolute Gasteiger partial charge is 0.372 e. The molecule has 0 atom stereocenters. The van der Waals surface area contributed by atoms with Gasteiger partial charge in [0.2, 0.25) is 5.91 Å². The standard InChI is InChI=1S/C21H26N4O/c1-2-25-19-14-20(22-15-16(19)6-11-21(25)26)23-17-7-9-18(10-8-17)24-12-4-3-5-13-24/h7-10,14-15H,2-6,11-13H2,1H3,(H,22,23). The van der Waals surface area contributed by atoms with E-state index in [-0.39, 0.29) is 5.91 Å². The molecule has 2 aliphatic rings. The van der Waals surface area contributed by atoms with Gasteiger partial charge in [-0.2, -0.15) is 0 Å². The van der Waals surface area contributed by atoms with Crippen LogP contribution in [-0.4, -0.2) is 30.5 Å². The lowest BCUT2D eigenvalue weighted by atomic mass is 10.0. The second-order valence-electron chi connectivity index (χ2n) is 7.06. The zero-order valence-corrected chi connectivity index (χ0v) is 15.4. The van der Waals surface area contributed by atoms with Gasteiger partial charge in [0.15, 0.2) is 0 Å². The Morgan fingerprint density at radius 2 is 1.85 bits per heavy atom. The van der Waals surface area contributed by atoms with E-state index in [2.05, 4.69) is 39.5 Å². The Morgan fingerprint density at radius 3 is 2.58 bits per heavy atom. The van der Waals surface area contributed by atoms with Gasteiger partial charge in [0.25, 0.3) is 0 Å². The average molecular weight is 350 g/mol. The number of fused-ring (bicyclic) bond motifs is 1. The Kier molecular flexibility index (Phi) is 4.78. The third-order valence-electron chi connectivity index (χ3n) is 5.34. The van der Waals surface area contributed by atoms with Gasteiger partial charge in [0, 0.05) is 49.7 Å². The van der Waals surface area contributed by atoms with Crippen molar-refractivity contribution in [2.24, 2.45) is 0 Å². The fourth-order valence-electron chi connectivity index (χ4n) is 3.90. The smallest absolute Gasteiger partial charge is 0.227 e. The van der Waals surface area contributed by atoms with Crippen LogP contribution in [0.15, 0.2) is 36.5 Å². The molecule has 0 bridgehead atoms. The summed E-state index contributed by atoms with van der Waals surface area (Å²) in [6, 6.07) is 10.6. The van der Waals surface area contributed by atoms with Gasteiger partial charge in [0.05, 0.1) is 5.69 Å². The fourth-order valence-corrected chi connectivity index (χ4v) is 3.90. The van der Waals surface area contributed by atoms with Gasteiger partial charge in [-0.25, -0.2) is 4.98 Å². The van der Waals surface area contributed by atoms with Crippen molar-refractivity contribution in [2.45, 2.75) is 39.0 Å². The molecule has 5 nitrogen and oxygen atoms in total. The first-order valence-corrected chi connectivity index (χ1v) is 9.66. The summed E-state index contributed by atoms with van der Waals surface area (Å²) in [4.78, 5) is 21.0. The van der Waals surface area contributed by atoms with Crippen LogP contribution in [0.3, 0.4) is 0 Å². The number of rotatable bonds is 4. The summed E-state index contributed by atoms with van der Waals surface area (Å²) in [5, 5.41) is 3.38. The van der Waals surface area contributed by atoms with Gasteiger partial charge in [-0.3, -0.25) is 4.79 Å². The van der Waals surface area contributed by atoms with Gasteiger partial charge in [-0.05, 0) is 62.4 Å². The molecule has 1 amide bonds. The van der Waals surface area contributed by atoms with Crippen LogP contribution >= 0.6 is 0 Å². The number of hydrogen-bond donors (Lipinski definition) is 1. The van der Waals surface area contributed by atoms with Crippen LogP contribution in [0.5, 0.6) is 0 Å². The molecule has 0 saturated carbocycles. The van der Waals surface area contributed by atoms with E-state index in [0.717, 1.165) is 42.3 Å². The highest BCUT2D eigenvalue weighted by Crippen LogP contribution is 2.30. The second-order valence-corrected chi connectivity index (χ2v) is 7.06. The summed E-state index contributed by atoms with van der Waals surface area (Å²) in [5.74, 6) is 0.977. The van der Waals surface area contributed by atoms with E-state index in [1.165, 1.54) is 24.9 Å². The van der Waals surface area contributed by atoms with Crippen molar-refractivity contribution < 1.29 is 4.79 Å². The highest BCUT2D eigenvalue weighted by molar-refractivity contribution is 5.96. The molecule has 0 spiro atoms. The number of nitrogens with zero attached hydrogens (tertiary/aromatic N) is 3. The number of nitrogens with one attached hydrogen (secondary N) is 1. The van der Waals surface area contributed by atoms with Gasteiger partial charge >= 0.3 is 0 Å². The number of aromatic nitrogens is 1. The van der Waals surface area contributed by atoms with Crippen LogP contribution in [0.1, 0.15) is 38.2 Å². The summed E-state index contributed by atoms with van der Waals surface area (Å²) in [5.41, 5.74) is 4.45. The minimum Gasteiger partial charge on any atom is -0.372 e. The van der Waals surface area contributed by atoms with E-state index in [0.29, 0.717) is 13.0 Å². The highest BCUT2D eigenvalue weighted by atomic mass is 16.2. The topological polar surface area (TPSA) is 48.5 Å². The summed E-state index contributed by atoms with van der Waals surface area (Å²) < 4.78 is 0. The zero-order valence-electron chi connectivity index (χ0n) is 15.4. The second kappa shape index (κ2) is 7.36. The maximum absolute atomic E-state index is 12.1. The van der Waals surface area contributed by atoms with E-state index in [4.69, 9.17) is 0 Å². The minimum atomic E-state index is 0.197. The van der Waals surface area contributed by atoms with Crippen LogP contribution in [0.25, 0.3) is 0 Å². The van der Waals surface area contributed by atoms with Gasteiger partial charge in [0.1, 0.15) is 5.82 Å². The number of anilines is 4. The average Bonchev–Trinajstić information content (AvgIpc) is 2.69. The molecule has 2 aliphatic heterocycles. The normalized spacial score (nSPS) is 17.2. The predicted molar refractivity (Wildman–Crippen MR) is 106 cm³/mol. The van der Waals surface area contributed by atoms with E-state index in [1.54, 1.807) is 0 Å². The maximum Gasteiger partial charge on any atom is 0.227 e. The third kappa shape index (κ3) is 3.39. The molecule has 3 heterocycles. The molecule has 1 saturated heterocycles. The number of pyridine rings is 1. The molecule has 4 rings (SSSR count). The lowest BCUT2D eigenvalue weighted by Gasteiger charge is -2.29. The lowest BCUT2D eigenvalue weighted by molar-refractivity contribution is -0.118. The molecule has 136 valence electrons. The van der Waals surface area contributed by atoms with Crippen molar-refractivity contribution >= 4 is 28.8 Å². The number of aryl methyl sites for hydroxylation is 1. The fraction of sp³-hybridized carbons (Fsp3) is 0.429. The SMILES string of the molecule is CCN1C(=O)CCc2cnc(Nc3ccc(N4CCCCC4)cc3)cc21. The van der Waals surface area contributed by atoms with Crippen molar-refractivity contribution in [1.29, 1.82) is 0 Å². The van der Waals surface area contributed by atoms with Gasteiger partial charge < -0.3 is 15.1 Å². The summed E-state index contributed by atoms with van der Waals surface area (Å²) in [6.45, 7) is 5.01. The van der Waals surface area contributed by atoms with Crippen LogP contribution in [0.4, 0.5) is 22.9 Å². The molecule has 5 heteroatoms. The van der Waals surface area contributed by atoms with Crippen molar-refractivity contribution in [3.8, 4) is 0 Å². The Morgan fingerprint density at radius 1 is 1.08 bits per heavy atom. The van der Waals surface area contributed by atoms with Crippen LogP contribution < -0.4 is 15.1 Å². The molecule has 1 N–H and O–H groups in total. The molecule has 0 unspecified atom stereocenters. The Bertz CT molecular complexity index is 781. The molecule has 1 aromatic carbocycles. The monoisotopic (exact) mass is 350 g/mol. The number of carbonyl (C=O) groups is 1. The molecule has 26 heavy (non-hydrogen) atoms. The zero-order chi connectivity index (χ0) is 17.9. The Balaban J connectivity index is 1.50. The van der Waals surface area contributed by atoms with Crippen LogP contribution in [-0.2, 0) is 11.2 Å². The van der Waals surface area contributed by atoms with Crippen molar-refractivity contribution in [3.05, 3.63) is 42.1 Å². The Hall–Kier alpha value is -2.56. The van der Waals surface area contributed by atoms with E-state index in [1.807, 2.05) is 24.1 Å². The number of hydrogen-bond acceptors (Lipinski definition) is 4. The Labute approximate surface area is 155 Å². The summed E-state index contributed by atoms with van der Waals surface area (Å²) in [6.07, 6.45) is 7.17. The van der Waals surface area contributed by atoms with Gasteiger partial charge in [-0.15, -0.1) is 0 Å². The number of amides is 1. The maximum atomic E-state index is 12.1. The van der Waals surface area contributed by atoms with Crippen LogP contribution in [0.2, 0.25) is 0 Å². The van der Waals surface area contributed by atoms with Crippen molar-refractivity contribution in [1.82, 2.24) is 4.98 Å². The molecular weight excluding hydrogens is 324 g/mol. The quantitative estimate of drug-likeness (QED) is 0.901. The first kappa shape index (κ1) is 16.9. The lowest BCUT2D eigenvalue weighted by Crippen LogP contribution is -2.34. The van der Waals surface area contributed by atoms with E-state index < -0.39 is 0 Å². The summed E-state index contributed by atoms with van der Waals surface area (Å²) in [7, 11) is 0. The number of piperidine rings is 1. The van der Waals surface area contributed by atoms with Crippen molar-refractivity contribution in [3.63, 3.8) is 0 Å². The number of carbonyl (C=O) groups excluding carboxylic acids is 1. The molecule has 0 radical (unpaired) electrons. The van der Waals surface area contributed by atoms with Gasteiger partial charge in [-0.1, -0.05) is 0 Å². The minimum absolute atomic E-state index is 0.197. The van der Waals surface area contributed by atoms with E-state index >= 15 is 0 Å².